The largest absolute Gasteiger partial charge is 0.386 e. The van der Waals surface area contributed by atoms with E-state index in [4.69, 9.17) is 4.74 Å². The minimum atomic E-state index is -0.811. The number of aliphatic hydroxyl groups excluding tert-OH is 1. The Bertz CT molecular complexity index is 611. The van der Waals surface area contributed by atoms with Gasteiger partial charge < -0.3 is 9.84 Å². The average Bonchev–Trinajstić information content (AvgIpc) is 2.55. The molecular formula is C18H21ClFNO2. The number of hydrogen-bond acceptors (Lipinski definition) is 3. The van der Waals surface area contributed by atoms with Crippen LogP contribution in [0.5, 0.6) is 0 Å². The van der Waals surface area contributed by atoms with Gasteiger partial charge in [-0.2, -0.15) is 0 Å². The summed E-state index contributed by atoms with van der Waals surface area (Å²) in [7, 11) is 0. The zero-order chi connectivity index (χ0) is 15.4. The van der Waals surface area contributed by atoms with Crippen molar-refractivity contribution in [1.29, 1.82) is 0 Å². The van der Waals surface area contributed by atoms with E-state index in [0.717, 1.165) is 13.1 Å². The molecule has 0 bridgehead atoms. The van der Waals surface area contributed by atoms with Crippen LogP contribution in [0.1, 0.15) is 17.2 Å². The van der Waals surface area contributed by atoms with Crippen LogP contribution in [0.25, 0.3) is 0 Å². The number of nitrogens with zero attached hydrogens (tertiary/aromatic N) is 1. The molecule has 3 rings (SSSR count). The standard InChI is InChI=1S/C18H20FNO2.ClH/c19-16-8-4-7-15(11-16)18(21)17-13-20(9-10-22-17)12-14-5-2-1-3-6-14;/h1-8,11,17-18,21H,9-10,12-13H2;1H/t17-,18?;/m0./s1. The smallest absolute Gasteiger partial charge is 0.123 e. The lowest BCUT2D eigenvalue weighted by molar-refractivity contribution is -0.0919. The second-order valence-corrected chi connectivity index (χ2v) is 5.63. The molecule has 0 aromatic heterocycles. The van der Waals surface area contributed by atoms with Gasteiger partial charge in [-0.3, -0.25) is 4.90 Å². The van der Waals surface area contributed by atoms with Gasteiger partial charge >= 0.3 is 0 Å². The lowest BCUT2D eigenvalue weighted by Gasteiger charge is -2.35. The molecule has 3 nitrogen and oxygen atoms in total. The summed E-state index contributed by atoms with van der Waals surface area (Å²) in [6.45, 7) is 2.87. The van der Waals surface area contributed by atoms with E-state index in [0.29, 0.717) is 18.7 Å². The SMILES string of the molecule is Cl.OC(c1cccc(F)c1)[C@@H]1CN(Cc2ccccc2)CCO1. The van der Waals surface area contributed by atoms with E-state index in [1.165, 1.54) is 17.7 Å². The third kappa shape index (κ3) is 4.75. The normalized spacial score (nSPS) is 19.8. The van der Waals surface area contributed by atoms with Gasteiger partial charge in [-0.15, -0.1) is 12.4 Å². The molecule has 0 radical (unpaired) electrons. The summed E-state index contributed by atoms with van der Waals surface area (Å²) < 4.78 is 19.0. The molecule has 1 aliphatic rings. The maximum absolute atomic E-state index is 13.3. The number of hydrogen-bond donors (Lipinski definition) is 1. The molecule has 1 saturated heterocycles. The fourth-order valence-corrected chi connectivity index (χ4v) is 2.81. The van der Waals surface area contributed by atoms with Gasteiger partial charge in [0.2, 0.25) is 0 Å². The fraction of sp³-hybridized carbons (Fsp3) is 0.333. The van der Waals surface area contributed by atoms with Crippen LogP contribution in [0, 0.1) is 5.82 Å². The second kappa shape index (κ2) is 8.41. The first-order chi connectivity index (χ1) is 10.7. The topological polar surface area (TPSA) is 32.7 Å². The van der Waals surface area contributed by atoms with Crippen LogP contribution in [0.3, 0.4) is 0 Å². The number of halogens is 2. The highest BCUT2D eigenvalue weighted by atomic mass is 35.5. The van der Waals surface area contributed by atoms with E-state index in [1.807, 2.05) is 18.2 Å². The van der Waals surface area contributed by atoms with Crippen LogP contribution in [0.2, 0.25) is 0 Å². The number of ether oxygens (including phenoxy) is 1. The molecule has 2 aromatic carbocycles. The first-order valence-corrected chi connectivity index (χ1v) is 7.54. The Kier molecular flexibility index (Phi) is 6.54. The van der Waals surface area contributed by atoms with Crippen molar-refractivity contribution in [2.45, 2.75) is 18.8 Å². The molecule has 0 amide bonds. The zero-order valence-corrected chi connectivity index (χ0v) is 13.6. The van der Waals surface area contributed by atoms with E-state index in [-0.39, 0.29) is 24.3 Å². The highest BCUT2D eigenvalue weighted by molar-refractivity contribution is 5.85. The van der Waals surface area contributed by atoms with Crippen molar-refractivity contribution in [3.8, 4) is 0 Å². The number of aliphatic hydroxyl groups is 1. The molecule has 0 saturated carbocycles. The summed E-state index contributed by atoms with van der Waals surface area (Å²) in [6.07, 6.45) is -1.14. The van der Waals surface area contributed by atoms with Crippen molar-refractivity contribution >= 4 is 12.4 Å². The molecule has 23 heavy (non-hydrogen) atoms. The maximum atomic E-state index is 13.3. The number of rotatable bonds is 4. The van der Waals surface area contributed by atoms with Crippen LogP contribution < -0.4 is 0 Å². The molecule has 5 heteroatoms. The Hall–Kier alpha value is -1.46. The van der Waals surface area contributed by atoms with Gasteiger partial charge in [-0.1, -0.05) is 42.5 Å². The number of morpholine rings is 1. The molecule has 2 atom stereocenters. The zero-order valence-electron chi connectivity index (χ0n) is 12.8. The lowest BCUT2D eigenvalue weighted by atomic mass is 10.0. The van der Waals surface area contributed by atoms with Crippen molar-refractivity contribution in [2.75, 3.05) is 19.7 Å². The summed E-state index contributed by atoms with van der Waals surface area (Å²) in [5.74, 6) is -0.339. The molecule has 1 N–H and O–H groups in total. The van der Waals surface area contributed by atoms with E-state index >= 15 is 0 Å². The summed E-state index contributed by atoms with van der Waals surface area (Å²) in [4.78, 5) is 2.26. The molecule has 1 heterocycles. The molecule has 1 unspecified atom stereocenters. The van der Waals surface area contributed by atoms with Gasteiger partial charge in [0.25, 0.3) is 0 Å². The predicted octanol–water partition coefficient (Wildman–Crippen LogP) is 3.18. The highest BCUT2D eigenvalue weighted by Gasteiger charge is 2.28. The van der Waals surface area contributed by atoms with Crippen molar-refractivity contribution in [3.05, 3.63) is 71.5 Å². The van der Waals surface area contributed by atoms with Crippen molar-refractivity contribution < 1.29 is 14.2 Å². The quantitative estimate of drug-likeness (QED) is 0.930. The predicted molar refractivity (Wildman–Crippen MR) is 90.1 cm³/mol. The fourth-order valence-electron chi connectivity index (χ4n) is 2.81. The van der Waals surface area contributed by atoms with Crippen molar-refractivity contribution in [1.82, 2.24) is 4.90 Å². The minimum absolute atomic E-state index is 0. The first-order valence-electron chi connectivity index (χ1n) is 7.54. The molecule has 1 aliphatic heterocycles. The van der Waals surface area contributed by atoms with Gasteiger partial charge in [0, 0.05) is 19.6 Å². The highest BCUT2D eigenvalue weighted by Crippen LogP contribution is 2.23. The summed E-state index contributed by atoms with van der Waals surface area (Å²) in [5, 5.41) is 10.4. The van der Waals surface area contributed by atoms with E-state index in [2.05, 4.69) is 17.0 Å². The Labute approximate surface area is 142 Å². The van der Waals surface area contributed by atoms with Gasteiger partial charge in [0.1, 0.15) is 18.0 Å². The molecular weight excluding hydrogens is 317 g/mol. The Morgan fingerprint density at radius 1 is 1.17 bits per heavy atom. The van der Waals surface area contributed by atoms with E-state index < -0.39 is 6.10 Å². The van der Waals surface area contributed by atoms with Crippen LogP contribution in [-0.2, 0) is 11.3 Å². The lowest BCUT2D eigenvalue weighted by Crippen LogP contribution is -2.44. The Morgan fingerprint density at radius 3 is 2.70 bits per heavy atom. The van der Waals surface area contributed by atoms with Crippen molar-refractivity contribution in [3.63, 3.8) is 0 Å². The Balaban J connectivity index is 0.00000192. The molecule has 124 valence electrons. The first kappa shape index (κ1) is 17.9. The minimum Gasteiger partial charge on any atom is -0.386 e. The number of benzene rings is 2. The van der Waals surface area contributed by atoms with E-state index in [1.54, 1.807) is 12.1 Å². The van der Waals surface area contributed by atoms with Gasteiger partial charge in [-0.25, -0.2) is 4.39 Å². The van der Waals surface area contributed by atoms with Crippen LogP contribution in [0.15, 0.2) is 54.6 Å². The Morgan fingerprint density at radius 2 is 1.96 bits per heavy atom. The molecule has 0 aliphatic carbocycles. The maximum Gasteiger partial charge on any atom is 0.123 e. The summed E-state index contributed by atoms with van der Waals surface area (Å²) in [6, 6.07) is 16.3. The molecule has 0 spiro atoms. The molecule has 1 fully saturated rings. The van der Waals surface area contributed by atoms with Gasteiger partial charge in [-0.05, 0) is 23.3 Å². The summed E-state index contributed by atoms with van der Waals surface area (Å²) in [5.41, 5.74) is 1.80. The monoisotopic (exact) mass is 337 g/mol. The van der Waals surface area contributed by atoms with Gasteiger partial charge in [0.05, 0.1) is 6.61 Å². The second-order valence-electron chi connectivity index (χ2n) is 5.63. The van der Waals surface area contributed by atoms with Crippen LogP contribution in [-0.4, -0.2) is 35.8 Å². The van der Waals surface area contributed by atoms with Gasteiger partial charge in [0.15, 0.2) is 0 Å². The third-order valence-electron chi connectivity index (χ3n) is 3.97. The summed E-state index contributed by atoms with van der Waals surface area (Å²) >= 11 is 0. The van der Waals surface area contributed by atoms with E-state index in [9.17, 15) is 9.50 Å². The average molecular weight is 338 g/mol. The van der Waals surface area contributed by atoms with Crippen molar-refractivity contribution in [2.24, 2.45) is 0 Å². The van der Waals surface area contributed by atoms with Crippen LogP contribution in [0.4, 0.5) is 4.39 Å². The third-order valence-corrected chi connectivity index (χ3v) is 3.97. The van der Waals surface area contributed by atoms with Crippen LogP contribution >= 0.6 is 12.4 Å². The molecule has 2 aromatic rings.